The lowest BCUT2D eigenvalue weighted by molar-refractivity contribution is 0.108. The van der Waals surface area contributed by atoms with E-state index in [0.717, 1.165) is 6.07 Å². The smallest absolute Gasteiger partial charge is 0.153 e. The molecule has 90 valence electrons. The van der Waals surface area contributed by atoms with E-state index in [1.165, 1.54) is 0 Å². The highest BCUT2D eigenvalue weighted by atomic mass is 19.1. The van der Waals surface area contributed by atoms with E-state index in [4.69, 9.17) is 0 Å². The second-order valence-corrected chi connectivity index (χ2v) is 3.65. The van der Waals surface area contributed by atoms with Crippen LogP contribution in [0.3, 0.4) is 0 Å². The van der Waals surface area contributed by atoms with Crippen LogP contribution in [-0.2, 0) is 0 Å². The van der Waals surface area contributed by atoms with E-state index in [1.54, 1.807) is 30.3 Å². The van der Waals surface area contributed by atoms with Gasteiger partial charge in [-0.05, 0) is 11.6 Å². The third-order valence-electron chi connectivity index (χ3n) is 2.61. The summed E-state index contributed by atoms with van der Waals surface area (Å²) >= 11 is 0. The van der Waals surface area contributed by atoms with Gasteiger partial charge in [-0.2, -0.15) is 0 Å². The predicted octanol–water partition coefficient (Wildman–Crippen LogP) is 3.26. The average molecular weight is 246 g/mol. The van der Waals surface area contributed by atoms with Crippen LogP contribution in [0.25, 0.3) is 11.1 Å². The van der Waals surface area contributed by atoms with Crippen LogP contribution in [0.4, 0.5) is 8.78 Å². The minimum absolute atomic E-state index is 0.0409. The molecule has 0 heterocycles. The average Bonchev–Trinajstić information content (AvgIpc) is 2.41. The van der Waals surface area contributed by atoms with Gasteiger partial charge in [-0.1, -0.05) is 30.3 Å². The maximum Gasteiger partial charge on any atom is 0.153 e. The molecule has 0 bridgehead atoms. The molecule has 0 radical (unpaired) electrons. The van der Waals surface area contributed by atoms with Crippen molar-refractivity contribution in [3.63, 3.8) is 0 Å². The fourth-order valence-corrected chi connectivity index (χ4v) is 1.72. The van der Waals surface area contributed by atoms with E-state index in [1.807, 2.05) is 0 Å². The number of benzene rings is 2. The first-order chi connectivity index (χ1) is 8.69. The van der Waals surface area contributed by atoms with Crippen LogP contribution in [0, 0.1) is 11.6 Å². The van der Waals surface area contributed by atoms with E-state index in [0.29, 0.717) is 5.56 Å². The summed E-state index contributed by atoms with van der Waals surface area (Å²) in [6.45, 7) is 0. The van der Waals surface area contributed by atoms with Crippen LogP contribution in [0.15, 0.2) is 36.4 Å². The van der Waals surface area contributed by atoms with Crippen molar-refractivity contribution in [2.75, 3.05) is 0 Å². The largest absolute Gasteiger partial charge is 0.298 e. The minimum Gasteiger partial charge on any atom is -0.298 e. The van der Waals surface area contributed by atoms with Crippen molar-refractivity contribution in [3.05, 3.63) is 59.2 Å². The Hall–Kier alpha value is -2.36. The monoisotopic (exact) mass is 246 g/mol. The van der Waals surface area contributed by atoms with Gasteiger partial charge in [-0.25, -0.2) is 8.78 Å². The number of aldehydes is 2. The maximum atomic E-state index is 14.0. The fraction of sp³-hybridized carbons (Fsp3) is 0. The highest BCUT2D eigenvalue weighted by Crippen LogP contribution is 2.27. The summed E-state index contributed by atoms with van der Waals surface area (Å²) in [7, 11) is 0. The Kier molecular flexibility index (Phi) is 3.28. The van der Waals surface area contributed by atoms with Gasteiger partial charge in [0, 0.05) is 5.56 Å². The summed E-state index contributed by atoms with van der Waals surface area (Å²) in [5.41, 5.74) is -0.707. The molecule has 0 amide bonds. The fourth-order valence-electron chi connectivity index (χ4n) is 1.72. The molecule has 0 unspecified atom stereocenters. The second-order valence-electron chi connectivity index (χ2n) is 3.65. The number of rotatable bonds is 3. The molecule has 18 heavy (non-hydrogen) atoms. The molecule has 2 aromatic rings. The maximum absolute atomic E-state index is 14.0. The Morgan fingerprint density at radius 3 is 2.06 bits per heavy atom. The molecule has 2 rings (SSSR count). The molecule has 0 fully saturated rings. The molecule has 0 saturated carbocycles. The third-order valence-corrected chi connectivity index (χ3v) is 2.61. The van der Waals surface area contributed by atoms with Gasteiger partial charge >= 0.3 is 0 Å². The van der Waals surface area contributed by atoms with Crippen LogP contribution in [-0.4, -0.2) is 12.6 Å². The first-order valence-electron chi connectivity index (χ1n) is 5.16. The second kappa shape index (κ2) is 4.87. The zero-order chi connectivity index (χ0) is 13.1. The van der Waals surface area contributed by atoms with Crippen LogP contribution >= 0.6 is 0 Å². The van der Waals surface area contributed by atoms with Crippen molar-refractivity contribution in [3.8, 4) is 11.1 Å². The molecule has 0 aliphatic heterocycles. The molecular weight excluding hydrogens is 238 g/mol. The van der Waals surface area contributed by atoms with Gasteiger partial charge in [0.05, 0.1) is 11.1 Å². The molecule has 0 aliphatic rings. The van der Waals surface area contributed by atoms with Gasteiger partial charge in [0.1, 0.15) is 11.6 Å². The lowest BCUT2D eigenvalue weighted by Crippen LogP contribution is -2.02. The van der Waals surface area contributed by atoms with Gasteiger partial charge in [0.15, 0.2) is 12.6 Å². The zero-order valence-electron chi connectivity index (χ0n) is 9.19. The molecule has 0 aromatic heterocycles. The summed E-state index contributed by atoms with van der Waals surface area (Å²) in [6.07, 6.45) is 0.283. The Balaban J connectivity index is 2.75. The minimum atomic E-state index is -0.910. The lowest BCUT2D eigenvalue weighted by atomic mass is 9.98. The van der Waals surface area contributed by atoms with Crippen molar-refractivity contribution in [2.45, 2.75) is 0 Å². The third kappa shape index (κ3) is 1.93. The van der Waals surface area contributed by atoms with Crippen LogP contribution in [0.2, 0.25) is 0 Å². The standard InChI is InChI=1S/C14H8F2O2/c15-13-6-10(9-4-2-1-3-5-9)14(16)12(8-18)11(13)7-17/h1-8H. The molecule has 0 atom stereocenters. The van der Waals surface area contributed by atoms with Crippen molar-refractivity contribution in [2.24, 2.45) is 0 Å². The number of carbonyl (C=O) groups is 2. The van der Waals surface area contributed by atoms with Gasteiger partial charge in [-0.15, -0.1) is 0 Å². The van der Waals surface area contributed by atoms with Crippen molar-refractivity contribution in [1.29, 1.82) is 0 Å². The van der Waals surface area contributed by atoms with E-state index in [9.17, 15) is 18.4 Å². The van der Waals surface area contributed by atoms with Gasteiger partial charge in [0.2, 0.25) is 0 Å². The topological polar surface area (TPSA) is 34.1 Å². The molecule has 4 heteroatoms. The number of halogens is 2. The predicted molar refractivity (Wildman–Crippen MR) is 62.6 cm³/mol. The van der Waals surface area contributed by atoms with E-state index < -0.39 is 22.8 Å². The first-order valence-corrected chi connectivity index (χ1v) is 5.16. The van der Waals surface area contributed by atoms with Gasteiger partial charge < -0.3 is 0 Å². The summed E-state index contributed by atoms with van der Waals surface area (Å²) < 4.78 is 27.6. The van der Waals surface area contributed by atoms with Crippen LogP contribution < -0.4 is 0 Å². The Labute approximate surface area is 102 Å². The van der Waals surface area contributed by atoms with Crippen LogP contribution in [0.1, 0.15) is 20.7 Å². The lowest BCUT2D eigenvalue weighted by Gasteiger charge is -2.08. The molecular formula is C14H8F2O2. The Bertz CT molecular complexity index is 607. The van der Waals surface area contributed by atoms with E-state index >= 15 is 0 Å². The van der Waals surface area contributed by atoms with Crippen molar-refractivity contribution >= 4 is 12.6 Å². The van der Waals surface area contributed by atoms with Crippen molar-refractivity contribution in [1.82, 2.24) is 0 Å². The zero-order valence-corrected chi connectivity index (χ0v) is 9.19. The molecule has 0 saturated heterocycles. The first kappa shape index (κ1) is 12.1. The highest BCUT2D eigenvalue weighted by molar-refractivity contribution is 5.92. The Morgan fingerprint density at radius 2 is 1.50 bits per heavy atom. The molecule has 2 nitrogen and oxygen atoms in total. The molecule has 0 aliphatic carbocycles. The quantitative estimate of drug-likeness (QED) is 0.779. The van der Waals surface area contributed by atoms with Crippen molar-refractivity contribution < 1.29 is 18.4 Å². The molecule has 2 aromatic carbocycles. The normalized spacial score (nSPS) is 10.1. The Morgan fingerprint density at radius 1 is 0.889 bits per heavy atom. The molecule has 0 spiro atoms. The van der Waals surface area contributed by atoms with E-state index in [-0.39, 0.29) is 18.1 Å². The van der Waals surface area contributed by atoms with Crippen LogP contribution in [0.5, 0.6) is 0 Å². The molecule has 0 N–H and O–H groups in total. The number of hydrogen-bond acceptors (Lipinski definition) is 2. The summed E-state index contributed by atoms with van der Waals surface area (Å²) in [6, 6.07) is 9.17. The summed E-state index contributed by atoms with van der Waals surface area (Å²) in [4.78, 5) is 21.4. The SMILES string of the molecule is O=Cc1c(F)cc(-c2ccccc2)c(F)c1C=O. The van der Waals surface area contributed by atoms with Gasteiger partial charge in [0.25, 0.3) is 0 Å². The number of carbonyl (C=O) groups excluding carboxylic acids is 2. The highest BCUT2D eigenvalue weighted by Gasteiger charge is 2.18. The summed E-state index contributed by atoms with van der Waals surface area (Å²) in [5, 5.41) is 0. The van der Waals surface area contributed by atoms with Gasteiger partial charge in [-0.3, -0.25) is 9.59 Å². The number of hydrogen-bond donors (Lipinski definition) is 0. The summed E-state index contributed by atoms with van der Waals surface area (Å²) in [5.74, 6) is -1.80. The van der Waals surface area contributed by atoms with E-state index in [2.05, 4.69) is 0 Å².